The monoisotopic (exact) mass is 292 g/mol. The van der Waals surface area contributed by atoms with Crippen LogP contribution in [0.25, 0.3) is 0 Å². The number of hydrogen-bond donors (Lipinski definition) is 2. The minimum absolute atomic E-state index is 0.445. The van der Waals surface area contributed by atoms with Gasteiger partial charge in [0.1, 0.15) is 0 Å². The number of fused-ring (bicyclic) bond motifs is 2. The van der Waals surface area contributed by atoms with Crippen molar-refractivity contribution < 1.29 is 0 Å². The molecule has 3 rings (SSSR count). The van der Waals surface area contributed by atoms with Crippen LogP contribution in [0.5, 0.6) is 0 Å². The molecule has 2 N–H and O–H groups in total. The van der Waals surface area contributed by atoms with E-state index in [0.717, 1.165) is 16.9 Å². The van der Waals surface area contributed by atoms with Gasteiger partial charge in [-0.15, -0.1) is 0 Å². The van der Waals surface area contributed by atoms with Gasteiger partial charge in [0.25, 0.3) is 0 Å². The average Bonchev–Trinajstić information content (AvgIpc) is 2.87. The van der Waals surface area contributed by atoms with E-state index in [-0.39, 0.29) is 0 Å². The summed E-state index contributed by atoms with van der Waals surface area (Å²) in [4.78, 5) is 0. The van der Waals surface area contributed by atoms with E-state index in [0.29, 0.717) is 23.4 Å². The van der Waals surface area contributed by atoms with Crippen molar-refractivity contribution in [3.8, 4) is 0 Å². The van der Waals surface area contributed by atoms with Crippen molar-refractivity contribution in [1.82, 2.24) is 10.6 Å². The number of allylic oxidation sites excluding steroid dienone is 1. The molecular formula is C17H28N2S. The molecule has 0 radical (unpaired) electrons. The maximum absolute atomic E-state index is 5.55. The molecule has 0 saturated heterocycles. The SMILES string of the molecule is C[C@H]1C[C@H](NC(=S)N[C@@H]2C[C@@H]3C=C[C@@H]2C3)CC(C)(C)C1. The highest BCUT2D eigenvalue weighted by molar-refractivity contribution is 7.80. The Morgan fingerprint density at radius 1 is 1.10 bits per heavy atom. The second-order valence-corrected chi connectivity index (χ2v) is 8.52. The van der Waals surface area contributed by atoms with Gasteiger partial charge in [-0.1, -0.05) is 32.9 Å². The first-order valence-corrected chi connectivity index (χ1v) is 8.57. The van der Waals surface area contributed by atoms with Gasteiger partial charge in [0.2, 0.25) is 0 Å². The van der Waals surface area contributed by atoms with E-state index in [4.69, 9.17) is 12.2 Å². The Morgan fingerprint density at radius 2 is 1.90 bits per heavy atom. The Hall–Kier alpha value is -0.570. The normalized spacial score (nSPS) is 41.6. The zero-order chi connectivity index (χ0) is 14.3. The van der Waals surface area contributed by atoms with E-state index < -0.39 is 0 Å². The number of nitrogens with one attached hydrogen (secondary N) is 2. The van der Waals surface area contributed by atoms with Crippen molar-refractivity contribution in [2.45, 2.75) is 65.0 Å². The molecule has 20 heavy (non-hydrogen) atoms. The smallest absolute Gasteiger partial charge is 0.166 e. The molecule has 0 aromatic carbocycles. The first-order valence-electron chi connectivity index (χ1n) is 8.17. The third-order valence-electron chi connectivity index (χ3n) is 5.32. The van der Waals surface area contributed by atoms with E-state index in [9.17, 15) is 0 Å². The number of thiocarbonyl (C=S) groups is 1. The predicted molar refractivity (Wildman–Crippen MR) is 88.6 cm³/mol. The summed E-state index contributed by atoms with van der Waals surface area (Å²) in [6.45, 7) is 7.13. The highest BCUT2D eigenvalue weighted by Crippen LogP contribution is 2.40. The highest BCUT2D eigenvalue weighted by Gasteiger charge is 2.36. The van der Waals surface area contributed by atoms with Crippen LogP contribution < -0.4 is 10.6 Å². The largest absolute Gasteiger partial charge is 0.360 e. The van der Waals surface area contributed by atoms with Crippen LogP contribution in [0.3, 0.4) is 0 Å². The molecule has 3 aliphatic carbocycles. The first-order chi connectivity index (χ1) is 9.41. The van der Waals surface area contributed by atoms with Crippen molar-refractivity contribution in [3.05, 3.63) is 12.2 Å². The summed E-state index contributed by atoms with van der Waals surface area (Å²) in [7, 11) is 0. The van der Waals surface area contributed by atoms with Crippen molar-refractivity contribution in [2.24, 2.45) is 23.2 Å². The zero-order valence-corrected chi connectivity index (χ0v) is 13.8. The third-order valence-corrected chi connectivity index (χ3v) is 5.55. The lowest BCUT2D eigenvalue weighted by Gasteiger charge is -2.40. The van der Waals surface area contributed by atoms with Gasteiger partial charge in [0, 0.05) is 12.1 Å². The van der Waals surface area contributed by atoms with Gasteiger partial charge in [-0.25, -0.2) is 0 Å². The fourth-order valence-electron chi connectivity index (χ4n) is 4.80. The summed E-state index contributed by atoms with van der Waals surface area (Å²) in [5.41, 5.74) is 0.445. The summed E-state index contributed by atoms with van der Waals surface area (Å²) < 4.78 is 0. The third kappa shape index (κ3) is 3.19. The van der Waals surface area contributed by atoms with Crippen LogP contribution in [-0.2, 0) is 0 Å². The summed E-state index contributed by atoms with van der Waals surface area (Å²) in [6, 6.07) is 1.11. The molecule has 0 aliphatic heterocycles. The summed E-state index contributed by atoms with van der Waals surface area (Å²) in [5, 5.41) is 8.04. The average molecular weight is 292 g/mol. The van der Waals surface area contributed by atoms with Gasteiger partial charge in [0.15, 0.2) is 5.11 Å². The topological polar surface area (TPSA) is 24.1 Å². The van der Waals surface area contributed by atoms with Crippen molar-refractivity contribution >= 4 is 17.3 Å². The Labute approximate surface area is 128 Å². The second kappa shape index (κ2) is 5.32. The molecule has 0 aromatic heterocycles. The van der Waals surface area contributed by atoms with E-state index in [1.807, 2.05) is 0 Å². The van der Waals surface area contributed by atoms with Crippen molar-refractivity contribution in [3.63, 3.8) is 0 Å². The lowest BCUT2D eigenvalue weighted by atomic mass is 9.71. The molecule has 0 heterocycles. The number of hydrogen-bond acceptors (Lipinski definition) is 1. The molecule has 2 fully saturated rings. The van der Waals surface area contributed by atoms with Gasteiger partial charge >= 0.3 is 0 Å². The molecule has 3 aliphatic rings. The quantitative estimate of drug-likeness (QED) is 0.600. The van der Waals surface area contributed by atoms with Gasteiger partial charge in [-0.2, -0.15) is 0 Å². The van der Waals surface area contributed by atoms with Crippen LogP contribution in [0.15, 0.2) is 12.2 Å². The van der Waals surface area contributed by atoms with Crippen molar-refractivity contribution in [2.75, 3.05) is 0 Å². The van der Waals surface area contributed by atoms with Crippen LogP contribution >= 0.6 is 12.2 Å². The maximum atomic E-state index is 5.55. The van der Waals surface area contributed by atoms with Crippen LogP contribution in [-0.4, -0.2) is 17.2 Å². The molecule has 3 heteroatoms. The van der Waals surface area contributed by atoms with Crippen LogP contribution in [0.1, 0.15) is 52.9 Å². The Balaban J connectivity index is 1.50. The van der Waals surface area contributed by atoms with E-state index in [1.165, 1.54) is 32.1 Å². The Kier molecular flexibility index (Phi) is 3.83. The Bertz CT molecular complexity index is 415. The zero-order valence-electron chi connectivity index (χ0n) is 13.0. The summed E-state index contributed by atoms with van der Waals surface area (Å²) in [5.74, 6) is 2.31. The van der Waals surface area contributed by atoms with E-state index in [1.54, 1.807) is 0 Å². The standard InChI is InChI=1S/C17H28N2S/c1-11-6-14(10-17(2,3)9-11)18-16(20)19-15-8-12-4-5-13(15)7-12/h4-5,11-15H,6-10H2,1-3H3,(H2,18,19,20)/t11-,12+,13+,14-,15+/m0/s1. The molecule has 0 aromatic rings. The van der Waals surface area contributed by atoms with Crippen LogP contribution in [0.2, 0.25) is 0 Å². The molecule has 112 valence electrons. The fourth-order valence-corrected chi connectivity index (χ4v) is 5.12. The van der Waals surface area contributed by atoms with Gasteiger partial charge in [0.05, 0.1) is 0 Å². The molecule has 2 saturated carbocycles. The first kappa shape index (κ1) is 14.4. The Morgan fingerprint density at radius 3 is 2.50 bits per heavy atom. The van der Waals surface area contributed by atoms with E-state index in [2.05, 4.69) is 43.6 Å². The molecule has 0 unspecified atom stereocenters. The predicted octanol–water partition coefficient (Wildman–Crippen LogP) is 3.63. The minimum Gasteiger partial charge on any atom is -0.360 e. The minimum atomic E-state index is 0.445. The molecule has 2 nitrogen and oxygen atoms in total. The molecule has 0 spiro atoms. The van der Waals surface area contributed by atoms with Crippen LogP contribution in [0, 0.1) is 23.2 Å². The molecule has 0 amide bonds. The lowest BCUT2D eigenvalue weighted by molar-refractivity contribution is 0.161. The maximum Gasteiger partial charge on any atom is 0.166 e. The lowest BCUT2D eigenvalue weighted by Crippen LogP contribution is -2.50. The molecular weight excluding hydrogens is 264 g/mol. The van der Waals surface area contributed by atoms with E-state index >= 15 is 0 Å². The highest BCUT2D eigenvalue weighted by atomic mass is 32.1. The van der Waals surface area contributed by atoms with Gasteiger partial charge in [-0.3, -0.25) is 0 Å². The second-order valence-electron chi connectivity index (χ2n) is 8.11. The van der Waals surface area contributed by atoms with Gasteiger partial charge < -0.3 is 10.6 Å². The molecule has 2 bridgehead atoms. The summed E-state index contributed by atoms with van der Waals surface area (Å²) >= 11 is 5.55. The van der Waals surface area contributed by atoms with Crippen LogP contribution in [0.4, 0.5) is 0 Å². The summed E-state index contributed by atoms with van der Waals surface area (Å²) in [6.07, 6.45) is 11.2. The molecule has 5 atom stereocenters. The van der Waals surface area contributed by atoms with Gasteiger partial charge in [-0.05, 0) is 67.5 Å². The van der Waals surface area contributed by atoms with Crippen molar-refractivity contribution in [1.29, 1.82) is 0 Å². The fraction of sp³-hybridized carbons (Fsp3) is 0.824. The number of rotatable bonds is 2.